The van der Waals surface area contributed by atoms with Gasteiger partial charge in [0.05, 0.1) is 26.0 Å². The molecule has 0 bridgehead atoms. The van der Waals surface area contributed by atoms with Gasteiger partial charge in [-0.2, -0.15) is 0 Å². The number of hydrogen-bond acceptors (Lipinski definition) is 6. The van der Waals surface area contributed by atoms with E-state index >= 15 is 0 Å². The van der Waals surface area contributed by atoms with E-state index in [0.717, 1.165) is 32.5 Å². The molecule has 1 fully saturated rings. The number of ether oxygens (including phenoxy) is 1. The molecule has 0 aromatic carbocycles. The van der Waals surface area contributed by atoms with Gasteiger partial charge in [-0.05, 0) is 38.3 Å². The van der Waals surface area contributed by atoms with Crippen molar-refractivity contribution in [3.8, 4) is 0 Å². The van der Waals surface area contributed by atoms with E-state index in [4.69, 9.17) is 4.74 Å². The highest BCUT2D eigenvalue weighted by Gasteiger charge is 2.25. The summed E-state index contributed by atoms with van der Waals surface area (Å²) in [4.78, 5) is 26.4. The van der Waals surface area contributed by atoms with Gasteiger partial charge in [0.2, 0.25) is 0 Å². The molecule has 0 saturated carbocycles. The summed E-state index contributed by atoms with van der Waals surface area (Å²) in [7, 11) is 0. The highest BCUT2D eigenvalue weighted by Crippen LogP contribution is 2.22. The van der Waals surface area contributed by atoms with Crippen LogP contribution in [0.5, 0.6) is 0 Å². The van der Waals surface area contributed by atoms with Gasteiger partial charge in [0.15, 0.2) is 5.78 Å². The Morgan fingerprint density at radius 1 is 1.17 bits per heavy atom. The molecular formula is C22H38N4O3. The van der Waals surface area contributed by atoms with Crippen molar-refractivity contribution in [2.45, 2.75) is 66.8 Å². The molecular weight excluding hydrogens is 368 g/mol. The number of rotatable bonds is 11. The van der Waals surface area contributed by atoms with E-state index in [0.29, 0.717) is 37.2 Å². The Kier molecular flexibility index (Phi) is 8.96. The summed E-state index contributed by atoms with van der Waals surface area (Å²) in [5, 5.41) is 7.99. The topological polar surface area (TPSA) is 77.3 Å². The minimum atomic E-state index is -0.450. The number of hydrogen-bond donors (Lipinski definition) is 0. The molecule has 0 amide bonds. The lowest BCUT2D eigenvalue weighted by Crippen LogP contribution is -2.36. The Balaban J connectivity index is 1.56. The highest BCUT2D eigenvalue weighted by atomic mass is 16.5. The fraction of sp³-hybridized carbons (Fsp3) is 0.818. The highest BCUT2D eigenvalue weighted by molar-refractivity contribution is 5.97. The Labute approximate surface area is 175 Å². The second-order valence-electron chi connectivity index (χ2n) is 9.50. The van der Waals surface area contributed by atoms with Crippen LogP contribution in [0.3, 0.4) is 0 Å². The number of nitrogens with zero attached hydrogens (tertiary/aromatic N) is 4. The van der Waals surface area contributed by atoms with E-state index in [1.165, 1.54) is 12.8 Å². The molecule has 7 nitrogen and oxygen atoms in total. The lowest BCUT2D eigenvalue weighted by Gasteiger charge is -2.31. The van der Waals surface area contributed by atoms with Crippen LogP contribution in [0.4, 0.5) is 0 Å². The molecule has 0 unspecified atom stereocenters. The molecule has 1 aliphatic rings. The number of ketones is 2. The van der Waals surface area contributed by atoms with Gasteiger partial charge in [-0.25, -0.2) is 4.68 Å². The van der Waals surface area contributed by atoms with Gasteiger partial charge in [-0.15, -0.1) is 5.10 Å². The first-order valence-electron chi connectivity index (χ1n) is 10.9. The quantitative estimate of drug-likeness (QED) is 0.415. The van der Waals surface area contributed by atoms with Gasteiger partial charge in [-0.3, -0.25) is 9.59 Å². The second kappa shape index (κ2) is 11.0. The molecule has 2 rings (SSSR count). The predicted octanol–water partition coefficient (Wildman–Crippen LogP) is 3.24. The van der Waals surface area contributed by atoms with Gasteiger partial charge in [0.1, 0.15) is 11.5 Å². The minimum absolute atomic E-state index is 0.00152. The smallest absolute Gasteiger partial charge is 0.190 e. The summed E-state index contributed by atoms with van der Waals surface area (Å²) in [5.41, 5.74) is -0.0372. The molecule has 1 saturated heterocycles. The first kappa shape index (κ1) is 23.7. The molecule has 29 heavy (non-hydrogen) atoms. The number of piperidine rings is 1. The fourth-order valence-electron chi connectivity index (χ4n) is 3.48. The lowest BCUT2D eigenvalue weighted by atomic mass is 9.89. The normalized spacial score (nSPS) is 16.5. The van der Waals surface area contributed by atoms with Gasteiger partial charge in [0, 0.05) is 24.3 Å². The van der Waals surface area contributed by atoms with Crippen molar-refractivity contribution in [1.82, 2.24) is 19.9 Å². The molecule has 1 aromatic rings. The van der Waals surface area contributed by atoms with Crippen LogP contribution in [-0.4, -0.2) is 64.3 Å². The maximum Gasteiger partial charge on any atom is 0.190 e. The van der Waals surface area contributed by atoms with E-state index in [1.54, 1.807) is 10.9 Å². The van der Waals surface area contributed by atoms with Crippen molar-refractivity contribution in [3.05, 3.63) is 11.9 Å². The van der Waals surface area contributed by atoms with Crippen LogP contribution >= 0.6 is 0 Å². The average molecular weight is 407 g/mol. The Hall–Kier alpha value is -1.60. The number of aromatic nitrogens is 3. The summed E-state index contributed by atoms with van der Waals surface area (Å²) in [6.07, 6.45) is 5.82. The van der Waals surface area contributed by atoms with Crippen molar-refractivity contribution in [2.75, 3.05) is 32.8 Å². The number of Topliss-reactive ketones (excluding diaryl/α,β-unsaturated/α-hetero) is 2. The molecule has 0 atom stereocenters. The van der Waals surface area contributed by atoms with Crippen molar-refractivity contribution in [2.24, 2.45) is 17.3 Å². The Morgan fingerprint density at radius 2 is 1.83 bits per heavy atom. The van der Waals surface area contributed by atoms with Gasteiger partial charge in [0.25, 0.3) is 0 Å². The summed E-state index contributed by atoms with van der Waals surface area (Å²) in [6, 6.07) is 0. The number of carbonyl (C=O) groups is 2. The van der Waals surface area contributed by atoms with Crippen LogP contribution in [0.15, 0.2) is 6.20 Å². The van der Waals surface area contributed by atoms with Gasteiger partial charge in [-0.1, -0.05) is 39.8 Å². The van der Waals surface area contributed by atoms with Crippen LogP contribution in [0.25, 0.3) is 0 Å². The Bertz CT molecular complexity index is 655. The van der Waals surface area contributed by atoms with Gasteiger partial charge >= 0.3 is 0 Å². The average Bonchev–Trinajstić information content (AvgIpc) is 3.14. The van der Waals surface area contributed by atoms with Crippen molar-refractivity contribution < 1.29 is 14.3 Å². The number of likely N-dealkylation sites (tertiary alicyclic amines) is 1. The third-order valence-corrected chi connectivity index (χ3v) is 5.62. The third kappa shape index (κ3) is 7.97. The maximum absolute atomic E-state index is 12.2. The third-order valence-electron chi connectivity index (χ3n) is 5.62. The van der Waals surface area contributed by atoms with E-state index in [-0.39, 0.29) is 11.7 Å². The largest absolute Gasteiger partial charge is 0.378 e. The summed E-state index contributed by atoms with van der Waals surface area (Å²) in [5.74, 6) is 1.24. The van der Waals surface area contributed by atoms with Crippen LogP contribution in [0.1, 0.15) is 70.8 Å². The lowest BCUT2D eigenvalue weighted by molar-refractivity contribution is -0.122. The molecule has 1 aliphatic heterocycles. The first-order valence-corrected chi connectivity index (χ1v) is 10.9. The molecule has 2 heterocycles. The summed E-state index contributed by atoms with van der Waals surface area (Å²) < 4.78 is 7.42. The predicted molar refractivity (Wildman–Crippen MR) is 113 cm³/mol. The van der Waals surface area contributed by atoms with Crippen molar-refractivity contribution in [3.63, 3.8) is 0 Å². The molecule has 0 radical (unpaired) electrons. The van der Waals surface area contributed by atoms with Crippen LogP contribution in [-0.2, 0) is 16.1 Å². The van der Waals surface area contributed by atoms with Crippen LogP contribution in [0, 0.1) is 17.3 Å². The van der Waals surface area contributed by atoms with E-state index in [9.17, 15) is 9.59 Å². The molecule has 0 N–H and O–H groups in total. The SMILES string of the molecule is CC(C)C(=O)CCC1CCN(CCOCCn2cc(C(=O)C(C)(C)C)nn2)CC1. The summed E-state index contributed by atoms with van der Waals surface area (Å²) >= 11 is 0. The standard InChI is InChI=1S/C22H38N4O3/c1-17(2)20(27)7-6-18-8-10-25(11-9-18)12-14-29-15-13-26-16-19(23-24-26)21(28)22(3,4)5/h16-18H,6-15H2,1-5H3. The van der Waals surface area contributed by atoms with E-state index < -0.39 is 5.41 Å². The maximum atomic E-state index is 12.2. The summed E-state index contributed by atoms with van der Waals surface area (Å²) in [6.45, 7) is 14.6. The zero-order valence-electron chi connectivity index (χ0n) is 18.8. The van der Waals surface area contributed by atoms with Crippen molar-refractivity contribution >= 4 is 11.6 Å². The molecule has 0 aliphatic carbocycles. The van der Waals surface area contributed by atoms with Crippen LogP contribution in [0.2, 0.25) is 0 Å². The first-order chi connectivity index (χ1) is 13.7. The zero-order chi connectivity index (χ0) is 21.4. The van der Waals surface area contributed by atoms with Crippen molar-refractivity contribution in [1.29, 1.82) is 0 Å². The van der Waals surface area contributed by atoms with E-state index in [1.807, 2.05) is 34.6 Å². The van der Waals surface area contributed by atoms with E-state index in [2.05, 4.69) is 15.2 Å². The minimum Gasteiger partial charge on any atom is -0.378 e. The van der Waals surface area contributed by atoms with Crippen LogP contribution < -0.4 is 0 Å². The fourth-order valence-corrected chi connectivity index (χ4v) is 3.48. The number of carbonyl (C=O) groups excluding carboxylic acids is 2. The molecule has 164 valence electrons. The second-order valence-corrected chi connectivity index (χ2v) is 9.50. The zero-order valence-corrected chi connectivity index (χ0v) is 18.8. The molecule has 7 heteroatoms. The molecule has 0 spiro atoms. The molecule has 1 aromatic heterocycles. The Morgan fingerprint density at radius 3 is 2.45 bits per heavy atom. The monoisotopic (exact) mass is 406 g/mol. The van der Waals surface area contributed by atoms with Gasteiger partial charge < -0.3 is 9.64 Å².